The van der Waals surface area contributed by atoms with Gasteiger partial charge < -0.3 is 10.6 Å². The SMILES string of the molecule is C[C@@H](SC1=Nc2cccc3cccc(c23)N1)C(=O)Nc1ccc(C(F)(F)F)cc1. The highest BCUT2D eigenvalue weighted by Gasteiger charge is 2.30. The summed E-state index contributed by atoms with van der Waals surface area (Å²) in [4.78, 5) is 17.1. The highest BCUT2D eigenvalue weighted by atomic mass is 32.2. The maximum atomic E-state index is 12.6. The minimum atomic E-state index is -4.41. The summed E-state index contributed by atoms with van der Waals surface area (Å²) in [6, 6.07) is 16.1. The fourth-order valence-electron chi connectivity index (χ4n) is 3.03. The summed E-state index contributed by atoms with van der Waals surface area (Å²) in [5.74, 6) is -0.323. The summed E-state index contributed by atoms with van der Waals surface area (Å²) >= 11 is 1.25. The monoisotopic (exact) mass is 415 g/mol. The number of amides is 1. The van der Waals surface area contributed by atoms with E-state index in [-0.39, 0.29) is 5.91 Å². The second kappa shape index (κ2) is 7.44. The molecule has 0 bridgehead atoms. The van der Waals surface area contributed by atoms with E-state index >= 15 is 0 Å². The Labute approximate surface area is 169 Å². The van der Waals surface area contributed by atoms with Crippen LogP contribution in [-0.2, 0) is 11.0 Å². The van der Waals surface area contributed by atoms with Gasteiger partial charge in [-0.15, -0.1) is 0 Å². The first-order valence-corrected chi connectivity index (χ1v) is 9.71. The number of aliphatic imine (C=N–C) groups is 1. The second-order valence-electron chi connectivity index (χ2n) is 6.55. The van der Waals surface area contributed by atoms with Crippen LogP contribution in [0.15, 0.2) is 65.7 Å². The van der Waals surface area contributed by atoms with Gasteiger partial charge in [-0.1, -0.05) is 36.0 Å². The number of nitrogens with zero attached hydrogens (tertiary/aromatic N) is 1. The van der Waals surface area contributed by atoms with Gasteiger partial charge in [-0.3, -0.25) is 4.79 Å². The summed E-state index contributed by atoms with van der Waals surface area (Å²) in [6.45, 7) is 1.72. The van der Waals surface area contributed by atoms with Crippen molar-refractivity contribution in [3.8, 4) is 0 Å². The molecule has 1 heterocycles. The van der Waals surface area contributed by atoms with Gasteiger partial charge in [0.2, 0.25) is 5.91 Å². The van der Waals surface area contributed by atoms with Crippen LogP contribution in [0.25, 0.3) is 10.8 Å². The van der Waals surface area contributed by atoms with Crippen molar-refractivity contribution >= 4 is 50.7 Å². The predicted octanol–water partition coefficient (Wildman–Crippen LogP) is 6.03. The number of anilines is 2. The number of benzene rings is 3. The van der Waals surface area contributed by atoms with Crippen molar-refractivity contribution < 1.29 is 18.0 Å². The molecule has 4 nitrogen and oxygen atoms in total. The lowest BCUT2D eigenvalue weighted by atomic mass is 10.1. The molecule has 1 atom stereocenters. The third-order valence-electron chi connectivity index (χ3n) is 4.48. The largest absolute Gasteiger partial charge is 0.416 e. The van der Waals surface area contributed by atoms with E-state index in [0.29, 0.717) is 10.9 Å². The van der Waals surface area contributed by atoms with Gasteiger partial charge in [0, 0.05) is 11.1 Å². The van der Waals surface area contributed by atoms with E-state index in [4.69, 9.17) is 0 Å². The van der Waals surface area contributed by atoms with Crippen molar-refractivity contribution in [1.82, 2.24) is 0 Å². The Hall–Kier alpha value is -3.00. The van der Waals surface area contributed by atoms with E-state index in [1.165, 1.54) is 23.9 Å². The number of amidine groups is 1. The average Bonchev–Trinajstić information content (AvgIpc) is 2.68. The van der Waals surface area contributed by atoms with Crippen LogP contribution in [-0.4, -0.2) is 16.3 Å². The highest BCUT2D eigenvalue weighted by molar-refractivity contribution is 8.15. The topological polar surface area (TPSA) is 53.5 Å². The Bertz CT molecular complexity index is 1110. The van der Waals surface area contributed by atoms with Crippen molar-refractivity contribution in [2.24, 2.45) is 4.99 Å². The van der Waals surface area contributed by atoms with E-state index in [1.54, 1.807) is 6.92 Å². The molecule has 1 aliphatic rings. The Balaban J connectivity index is 1.45. The molecule has 8 heteroatoms. The molecule has 0 aliphatic carbocycles. The van der Waals surface area contributed by atoms with Crippen molar-refractivity contribution in [2.45, 2.75) is 18.3 Å². The van der Waals surface area contributed by atoms with Crippen molar-refractivity contribution in [2.75, 3.05) is 10.6 Å². The number of carbonyl (C=O) groups is 1. The van der Waals surface area contributed by atoms with Gasteiger partial charge in [0.05, 0.1) is 22.2 Å². The number of carbonyl (C=O) groups excluding carboxylic acids is 1. The third-order valence-corrected chi connectivity index (χ3v) is 5.47. The van der Waals surface area contributed by atoms with Gasteiger partial charge in [-0.2, -0.15) is 13.2 Å². The molecule has 2 N–H and O–H groups in total. The average molecular weight is 415 g/mol. The smallest absolute Gasteiger partial charge is 0.334 e. The zero-order valence-corrected chi connectivity index (χ0v) is 16.1. The van der Waals surface area contributed by atoms with Gasteiger partial charge in [0.15, 0.2) is 5.17 Å². The fraction of sp³-hybridized carbons (Fsp3) is 0.143. The molecular formula is C21H16F3N3OS. The van der Waals surface area contributed by atoms with Gasteiger partial charge in [-0.25, -0.2) is 4.99 Å². The number of nitrogens with one attached hydrogen (secondary N) is 2. The standard InChI is InChI=1S/C21H16F3N3OS/c1-12(19(28)25-15-10-8-14(9-11-15)21(22,23)24)29-20-26-16-6-2-4-13-5-3-7-17(27-20)18(13)16/h2-12H,1H3,(H,25,28)(H,26,27)/t12-/m1/s1. The Morgan fingerprint density at radius 2 is 1.76 bits per heavy atom. The van der Waals surface area contributed by atoms with Crippen LogP contribution in [0.3, 0.4) is 0 Å². The number of thioether (sulfide) groups is 1. The first-order chi connectivity index (χ1) is 13.8. The lowest BCUT2D eigenvalue weighted by molar-refractivity contribution is -0.137. The molecule has 3 aromatic carbocycles. The number of hydrogen-bond acceptors (Lipinski definition) is 4. The summed E-state index contributed by atoms with van der Waals surface area (Å²) in [6.07, 6.45) is -4.41. The Morgan fingerprint density at radius 3 is 2.45 bits per heavy atom. The normalized spacial score (nSPS) is 14.1. The summed E-state index contributed by atoms with van der Waals surface area (Å²) in [5, 5.41) is 8.07. The zero-order chi connectivity index (χ0) is 20.6. The van der Waals surface area contributed by atoms with Crippen LogP contribution in [0.4, 0.5) is 30.2 Å². The molecule has 4 rings (SSSR count). The van der Waals surface area contributed by atoms with Crippen molar-refractivity contribution in [1.29, 1.82) is 0 Å². The predicted molar refractivity (Wildman–Crippen MR) is 112 cm³/mol. The van der Waals surface area contributed by atoms with Crippen LogP contribution >= 0.6 is 11.8 Å². The summed E-state index contributed by atoms with van der Waals surface area (Å²) in [5.41, 5.74) is 1.30. The van der Waals surface area contributed by atoms with Crippen LogP contribution in [0, 0.1) is 0 Å². The third kappa shape index (κ3) is 4.07. The first kappa shape index (κ1) is 19.3. The molecule has 148 valence electrons. The van der Waals surface area contributed by atoms with Gasteiger partial charge in [0.25, 0.3) is 0 Å². The quantitative estimate of drug-likeness (QED) is 0.549. The molecular weight excluding hydrogens is 399 g/mol. The summed E-state index contributed by atoms with van der Waals surface area (Å²) in [7, 11) is 0. The summed E-state index contributed by atoms with van der Waals surface area (Å²) < 4.78 is 37.9. The Morgan fingerprint density at radius 1 is 1.07 bits per heavy atom. The molecule has 0 saturated heterocycles. The number of alkyl halides is 3. The van der Waals surface area contributed by atoms with Gasteiger partial charge >= 0.3 is 6.18 Å². The van der Waals surface area contributed by atoms with Gasteiger partial charge in [-0.05, 0) is 48.7 Å². The highest BCUT2D eigenvalue weighted by Crippen LogP contribution is 2.37. The van der Waals surface area contributed by atoms with Crippen molar-refractivity contribution in [3.63, 3.8) is 0 Å². The molecule has 0 saturated carbocycles. The van der Waals surface area contributed by atoms with Crippen LogP contribution in [0.1, 0.15) is 12.5 Å². The van der Waals surface area contributed by atoms with Gasteiger partial charge in [0.1, 0.15) is 0 Å². The molecule has 0 radical (unpaired) electrons. The minimum Gasteiger partial charge on any atom is -0.334 e. The van der Waals surface area contributed by atoms with E-state index in [9.17, 15) is 18.0 Å². The zero-order valence-electron chi connectivity index (χ0n) is 15.2. The lowest BCUT2D eigenvalue weighted by Gasteiger charge is -2.20. The molecule has 0 unspecified atom stereocenters. The van der Waals surface area contributed by atoms with E-state index < -0.39 is 17.0 Å². The number of halogens is 3. The lowest BCUT2D eigenvalue weighted by Crippen LogP contribution is -2.25. The Kier molecular flexibility index (Phi) is 4.96. The molecule has 1 aliphatic heterocycles. The molecule has 3 aromatic rings. The van der Waals surface area contributed by atoms with Crippen LogP contribution in [0.2, 0.25) is 0 Å². The maximum absolute atomic E-state index is 12.6. The molecule has 29 heavy (non-hydrogen) atoms. The van der Waals surface area contributed by atoms with E-state index in [1.807, 2.05) is 36.4 Å². The van der Waals surface area contributed by atoms with E-state index in [0.717, 1.165) is 34.3 Å². The number of hydrogen-bond donors (Lipinski definition) is 2. The molecule has 0 aromatic heterocycles. The van der Waals surface area contributed by atoms with Crippen LogP contribution < -0.4 is 10.6 Å². The van der Waals surface area contributed by atoms with E-state index in [2.05, 4.69) is 15.6 Å². The molecule has 0 spiro atoms. The molecule has 1 amide bonds. The minimum absolute atomic E-state index is 0.309. The van der Waals surface area contributed by atoms with Crippen molar-refractivity contribution in [3.05, 3.63) is 66.2 Å². The second-order valence-corrected chi connectivity index (χ2v) is 7.88. The number of rotatable bonds is 3. The molecule has 0 fully saturated rings. The first-order valence-electron chi connectivity index (χ1n) is 8.83. The fourth-order valence-corrected chi connectivity index (χ4v) is 3.86. The van der Waals surface area contributed by atoms with Crippen LogP contribution in [0.5, 0.6) is 0 Å². The maximum Gasteiger partial charge on any atom is 0.416 e.